The Hall–Kier alpha value is -3.11. The number of rotatable bonds is 8. The number of carbonyl (C=O) groups is 1. The quantitative estimate of drug-likeness (QED) is 0.575. The van der Waals surface area contributed by atoms with E-state index in [-0.39, 0.29) is 12.5 Å². The van der Waals surface area contributed by atoms with Crippen molar-refractivity contribution in [1.82, 2.24) is 40.2 Å². The van der Waals surface area contributed by atoms with E-state index in [4.69, 9.17) is 4.74 Å². The average Bonchev–Trinajstić information content (AvgIpc) is 3.37. The van der Waals surface area contributed by atoms with Gasteiger partial charge >= 0.3 is 0 Å². The first kappa shape index (κ1) is 19.2. The van der Waals surface area contributed by atoms with E-state index in [9.17, 15) is 4.79 Å². The van der Waals surface area contributed by atoms with Crippen LogP contribution in [-0.4, -0.2) is 67.1 Å². The van der Waals surface area contributed by atoms with Gasteiger partial charge in [-0.2, -0.15) is 5.10 Å². The van der Waals surface area contributed by atoms with Gasteiger partial charge < -0.3 is 10.1 Å². The van der Waals surface area contributed by atoms with E-state index in [1.807, 2.05) is 29.1 Å². The van der Waals surface area contributed by atoms with Crippen LogP contribution in [0.4, 0.5) is 0 Å². The Balaban J connectivity index is 1.26. The van der Waals surface area contributed by atoms with Crippen LogP contribution in [0.2, 0.25) is 0 Å². The Bertz CT molecular complexity index is 917. The highest BCUT2D eigenvalue weighted by atomic mass is 16.5. The Labute approximate surface area is 168 Å². The molecule has 1 aliphatic rings. The summed E-state index contributed by atoms with van der Waals surface area (Å²) >= 11 is 0. The van der Waals surface area contributed by atoms with Crippen molar-refractivity contribution >= 4 is 5.91 Å². The van der Waals surface area contributed by atoms with E-state index in [0.29, 0.717) is 38.7 Å². The molecule has 0 bridgehead atoms. The van der Waals surface area contributed by atoms with E-state index in [0.717, 1.165) is 18.7 Å². The highest BCUT2D eigenvalue weighted by molar-refractivity contribution is 5.75. The number of aromatic nitrogens is 6. The molecule has 29 heavy (non-hydrogen) atoms. The van der Waals surface area contributed by atoms with Gasteiger partial charge in [0.25, 0.3) is 0 Å². The third kappa shape index (κ3) is 5.46. The fraction of sp³-hybridized carbons (Fsp3) is 0.421. The lowest BCUT2D eigenvalue weighted by Gasteiger charge is -2.25. The van der Waals surface area contributed by atoms with E-state index in [1.165, 1.54) is 5.56 Å². The zero-order valence-electron chi connectivity index (χ0n) is 16.1. The normalized spacial score (nSPS) is 14.8. The zero-order chi connectivity index (χ0) is 19.9. The van der Waals surface area contributed by atoms with E-state index in [1.54, 1.807) is 10.9 Å². The van der Waals surface area contributed by atoms with Gasteiger partial charge in [0.1, 0.15) is 6.54 Å². The average molecular weight is 396 g/mol. The van der Waals surface area contributed by atoms with Crippen molar-refractivity contribution in [3.8, 4) is 0 Å². The minimum Gasteiger partial charge on any atom is -0.379 e. The summed E-state index contributed by atoms with van der Waals surface area (Å²) in [6, 6.07) is 10.1. The lowest BCUT2D eigenvalue weighted by Crippen LogP contribution is -2.37. The summed E-state index contributed by atoms with van der Waals surface area (Å²) in [4.78, 5) is 14.6. The van der Waals surface area contributed by atoms with Crippen LogP contribution in [0.1, 0.15) is 17.0 Å². The summed E-state index contributed by atoms with van der Waals surface area (Å²) in [6.45, 7) is 4.90. The number of morpholine rings is 1. The van der Waals surface area contributed by atoms with Crippen LogP contribution >= 0.6 is 0 Å². The van der Waals surface area contributed by atoms with E-state index < -0.39 is 0 Å². The van der Waals surface area contributed by atoms with E-state index >= 15 is 0 Å². The summed E-state index contributed by atoms with van der Waals surface area (Å²) in [5.74, 6) is 0.536. The van der Waals surface area contributed by atoms with Crippen molar-refractivity contribution in [2.24, 2.45) is 0 Å². The number of nitrogens with one attached hydrogen (secondary N) is 1. The first-order valence-electron chi connectivity index (χ1n) is 9.63. The molecule has 1 amide bonds. The predicted molar refractivity (Wildman–Crippen MR) is 104 cm³/mol. The largest absolute Gasteiger partial charge is 0.379 e. The topological polar surface area (TPSA) is 103 Å². The van der Waals surface area contributed by atoms with Gasteiger partial charge in [-0.05, 0) is 16.0 Å². The minimum atomic E-state index is -0.142. The second kappa shape index (κ2) is 9.39. The maximum Gasteiger partial charge on any atom is 0.242 e. The molecule has 0 unspecified atom stereocenters. The summed E-state index contributed by atoms with van der Waals surface area (Å²) in [5.41, 5.74) is 2.12. The van der Waals surface area contributed by atoms with Gasteiger partial charge in [0, 0.05) is 31.4 Å². The second-order valence-electron chi connectivity index (χ2n) is 6.95. The summed E-state index contributed by atoms with van der Waals surface area (Å²) in [7, 11) is 0. The summed E-state index contributed by atoms with van der Waals surface area (Å²) in [5, 5.41) is 19.0. The lowest BCUT2D eigenvalue weighted by atomic mass is 10.2. The highest BCUT2D eigenvalue weighted by Gasteiger charge is 2.16. The standard InChI is InChI=1S/C19H24N8O2/c28-19(15-27-18(22-23-24-27)14-25-6-8-29-9-7-25)20-10-17-11-21-26(13-17)12-16-4-2-1-3-5-16/h1-5,11,13H,6-10,12,14-15H2,(H,20,28). The number of ether oxygens (including phenoxy) is 1. The SMILES string of the molecule is O=C(Cn1nnnc1CN1CCOCC1)NCc1cnn(Cc2ccccc2)c1. The molecule has 0 atom stereocenters. The number of tetrazole rings is 1. The van der Waals surface area contributed by atoms with Gasteiger partial charge in [0.05, 0.1) is 32.5 Å². The molecule has 3 aromatic rings. The fourth-order valence-electron chi connectivity index (χ4n) is 3.17. The smallest absolute Gasteiger partial charge is 0.242 e. The molecule has 0 saturated carbocycles. The molecule has 1 aromatic carbocycles. The number of nitrogens with zero attached hydrogens (tertiary/aromatic N) is 7. The Morgan fingerprint density at radius 1 is 1.10 bits per heavy atom. The van der Waals surface area contributed by atoms with Crippen molar-refractivity contribution in [3.63, 3.8) is 0 Å². The number of hydrogen-bond donors (Lipinski definition) is 1. The Morgan fingerprint density at radius 3 is 2.76 bits per heavy atom. The Kier molecular flexibility index (Phi) is 6.22. The molecule has 0 aliphatic carbocycles. The molecule has 0 spiro atoms. The predicted octanol–water partition coefficient (Wildman–Crippen LogP) is 0.0665. The molecule has 10 heteroatoms. The molecule has 3 heterocycles. The summed E-state index contributed by atoms with van der Waals surface area (Å²) in [6.07, 6.45) is 3.71. The van der Waals surface area contributed by atoms with Crippen molar-refractivity contribution in [2.75, 3.05) is 26.3 Å². The number of amides is 1. The fourth-order valence-corrected chi connectivity index (χ4v) is 3.17. The number of hydrogen-bond acceptors (Lipinski definition) is 7. The maximum atomic E-state index is 12.3. The molecule has 1 saturated heterocycles. The van der Waals surface area contributed by atoms with Crippen LogP contribution in [0.3, 0.4) is 0 Å². The van der Waals surface area contributed by atoms with Gasteiger partial charge in [-0.25, -0.2) is 4.68 Å². The third-order valence-electron chi connectivity index (χ3n) is 4.73. The molecule has 1 aliphatic heterocycles. The van der Waals surface area contributed by atoms with Crippen molar-refractivity contribution in [3.05, 3.63) is 59.7 Å². The van der Waals surface area contributed by atoms with Gasteiger partial charge in [0.2, 0.25) is 5.91 Å². The van der Waals surface area contributed by atoms with Crippen molar-refractivity contribution < 1.29 is 9.53 Å². The zero-order valence-corrected chi connectivity index (χ0v) is 16.1. The molecule has 1 fully saturated rings. The molecule has 152 valence electrons. The van der Waals surface area contributed by atoms with Crippen LogP contribution in [-0.2, 0) is 35.7 Å². The first-order valence-corrected chi connectivity index (χ1v) is 9.63. The molecule has 0 radical (unpaired) electrons. The molecule has 1 N–H and O–H groups in total. The van der Waals surface area contributed by atoms with Crippen molar-refractivity contribution in [1.29, 1.82) is 0 Å². The third-order valence-corrected chi connectivity index (χ3v) is 4.73. The van der Waals surface area contributed by atoms with Gasteiger partial charge in [0.15, 0.2) is 5.82 Å². The van der Waals surface area contributed by atoms with E-state index in [2.05, 4.69) is 43.0 Å². The van der Waals surface area contributed by atoms with Crippen LogP contribution < -0.4 is 5.32 Å². The molecule has 2 aromatic heterocycles. The molecular formula is C19H24N8O2. The van der Waals surface area contributed by atoms with Crippen LogP contribution in [0.5, 0.6) is 0 Å². The number of carbonyl (C=O) groups excluding carboxylic acids is 1. The van der Waals surface area contributed by atoms with Crippen LogP contribution in [0.15, 0.2) is 42.7 Å². The van der Waals surface area contributed by atoms with Gasteiger partial charge in [-0.1, -0.05) is 30.3 Å². The molecular weight excluding hydrogens is 372 g/mol. The van der Waals surface area contributed by atoms with Crippen molar-refractivity contribution in [2.45, 2.75) is 26.2 Å². The van der Waals surface area contributed by atoms with Gasteiger partial charge in [-0.3, -0.25) is 14.4 Å². The number of benzene rings is 1. The van der Waals surface area contributed by atoms with Crippen LogP contribution in [0, 0.1) is 0 Å². The van der Waals surface area contributed by atoms with Gasteiger partial charge in [-0.15, -0.1) is 5.10 Å². The molecule has 4 rings (SSSR count). The first-order chi connectivity index (χ1) is 14.3. The maximum absolute atomic E-state index is 12.3. The monoisotopic (exact) mass is 396 g/mol. The lowest BCUT2D eigenvalue weighted by molar-refractivity contribution is -0.122. The second-order valence-corrected chi connectivity index (χ2v) is 6.95. The minimum absolute atomic E-state index is 0.0881. The summed E-state index contributed by atoms with van der Waals surface area (Å²) < 4.78 is 8.76. The highest BCUT2D eigenvalue weighted by Crippen LogP contribution is 2.05. The van der Waals surface area contributed by atoms with Crippen LogP contribution in [0.25, 0.3) is 0 Å². The molecule has 10 nitrogen and oxygen atoms in total. The Morgan fingerprint density at radius 2 is 1.93 bits per heavy atom.